The highest BCUT2D eigenvalue weighted by Crippen LogP contribution is 2.33. The van der Waals surface area contributed by atoms with Crippen LogP contribution in [0.15, 0.2) is 65.6 Å². The van der Waals surface area contributed by atoms with Crippen LogP contribution in [0.25, 0.3) is 0 Å². The summed E-state index contributed by atoms with van der Waals surface area (Å²) in [5.74, 6) is -1.01. The molecule has 0 aliphatic carbocycles. The Kier molecular flexibility index (Phi) is 11.8. The Labute approximate surface area is 261 Å². The first kappa shape index (κ1) is 33.0. The van der Waals surface area contributed by atoms with Crippen LogP contribution in [0.5, 0.6) is 0 Å². The monoisotopic (exact) mass is 657 g/mol. The Morgan fingerprint density at radius 2 is 1.56 bits per heavy atom. The van der Waals surface area contributed by atoms with Crippen molar-refractivity contribution in [2.45, 2.75) is 51.1 Å². The number of benzene rings is 3. The number of anilines is 1. The van der Waals surface area contributed by atoms with Gasteiger partial charge < -0.3 is 10.2 Å². The van der Waals surface area contributed by atoms with E-state index in [4.69, 9.17) is 46.4 Å². The summed E-state index contributed by atoms with van der Waals surface area (Å²) in [6.45, 7) is 5.19. The number of hydrogen-bond acceptors (Lipinski definition) is 4. The summed E-state index contributed by atoms with van der Waals surface area (Å²) in [7, 11) is -4.28. The van der Waals surface area contributed by atoms with Gasteiger partial charge in [-0.3, -0.25) is 13.9 Å². The number of carbonyl (C=O) groups is 2. The van der Waals surface area contributed by atoms with E-state index in [2.05, 4.69) is 5.32 Å². The summed E-state index contributed by atoms with van der Waals surface area (Å²) in [5.41, 5.74) is 1.50. The number of halogens is 4. The SMILES string of the molecule is CCCCNC(=O)C(C)N(Cc1ccc(Cl)c(Cl)c1)C(=O)CN(c1cc(Cl)ccc1Cl)S(=O)(=O)c1ccc(C)cc1. The third-order valence-electron chi connectivity index (χ3n) is 6.40. The first-order valence-corrected chi connectivity index (χ1v) is 15.9. The molecule has 41 heavy (non-hydrogen) atoms. The standard InChI is InChI=1S/C29H31Cl4N3O4S/c1-4-5-14-34-29(38)20(3)35(17-21-8-12-24(31)26(33)15-21)28(37)18-36(27-16-22(30)9-13-25(27)32)41(39,40)23-10-6-19(2)7-11-23/h6-13,15-16,20H,4-5,14,17-18H2,1-3H3,(H,34,38). The molecule has 0 spiro atoms. The predicted molar refractivity (Wildman–Crippen MR) is 167 cm³/mol. The molecular weight excluding hydrogens is 628 g/mol. The highest BCUT2D eigenvalue weighted by Gasteiger charge is 2.33. The lowest BCUT2D eigenvalue weighted by atomic mass is 10.1. The molecule has 1 atom stereocenters. The second kappa shape index (κ2) is 14.6. The number of hydrogen-bond donors (Lipinski definition) is 1. The van der Waals surface area contributed by atoms with E-state index in [1.807, 2.05) is 13.8 Å². The first-order chi connectivity index (χ1) is 19.3. The van der Waals surface area contributed by atoms with Crippen LogP contribution in [0.4, 0.5) is 5.69 Å². The maximum Gasteiger partial charge on any atom is 0.264 e. The van der Waals surface area contributed by atoms with Gasteiger partial charge in [-0.15, -0.1) is 0 Å². The molecule has 3 aromatic rings. The molecule has 12 heteroatoms. The number of sulfonamides is 1. The predicted octanol–water partition coefficient (Wildman–Crippen LogP) is 7.14. The van der Waals surface area contributed by atoms with Gasteiger partial charge in [0.05, 0.1) is 25.7 Å². The molecule has 2 amide bonds. The third-order valence-corrected chi connectivity index (χ3v) is 9.47. The van der Waals surface area contributed by atoms with Crippen molar-refractivity contribution in [3.63, 3.8) is 0 Å². The van der Waals surface area contributed by atoms with Crippen molar-refractivity contribution in [3.8, 4) is 0 Å². The van der Waals surface area contributed by atoms with Crippen molar-refractivity contribution in [1.29, 1.82) is 0 Å². The van der Waals surface area contributed by atoms with E-state index >= 15 is 0 Å². The fraction of sp³-hybridized carbons (Fsp3) is 0.310. The van der Waals surface area contributed by atoms with E-state index < -0.39 is 28.5 Å². The molecule has 0 saturated carbocycles. The smallest absolute Gasteiger partial charge is 0.264 e. The summed E-state index contributed by atoms with van der Waals surface area (Å²) < 4.78 is 28.8. The molecule has 0 saturated heterocycles. The number of aryl methyl sites for hydroxylation is 1. The Hall–Kier alpha value is -2.49. The van der Waals surface area contributed by atoms with Gasteiger partial charge in [0.2, 0.25) is 11.8 Å². The summed E-state index contributed by atoms with van der Waals surface area (Å²) in [4.78, 5) is 28.3. The minimum absolute atomic E-state index is 0.0280. The van der Waals surface area contributed by atoms with Gasteiger partial charge >= 0.3 is 0 Å². The van der Waals surface area contributed by atoms with Crippen LogP contribution in [0.2, 0.25) is 20.1 Å². The van der Waals surface area contributed by atoms with Crippen molar-refractivity contribution in [2.24, 2.45) is 0 Å². The zero-order chi connectivity index (χ0) is 30.3. The van der Waals surface area contributed by atoms with Crippen molar-refractivity contribution < 1.29 is 18.0 Å². The normalized spacial score (nSPS) is 12.1. The van der Waals surface area contributed by atoms with Gasteiger partial charge in [-0.05, 0) is 68.3 Å². The van der Waals surface area contributed by atoms with E-state index in [1.165, 1.54) is 35.2 Å². The van der Waals surface area contributed by atoms with E-state index in [-0.39, 0.29) is 38.1 Å². The van der Waals surface area contributed by atoms with Gasteiger partial charge in [0, 0.05) is 18.1 Å². The Morgan fingerprint density at radius 3 is 2.20 bits per heavy atom. The molecule has 3 aromatic carbocycles. The lowest BCUT2D eigenvalue weighted by Gasteiger charge is -2.32. The Balaban J connectivity index is 2.06. The highest BCUT2D eigenvalue weighted by molar-refractivity contribution is 7.92. The summed E-state index contributed by atoms with van der Waals surface area (Å²) in [5, 5.41) is 3.77. The summed E-state index contributed by atoms with van der Waals surface area (Å²) >= 11 is 24.9. The third kappa shape index (κ3) is 8.52. The highest BCUT2D eigenvalue weighted by atomic mass is 35.5. The Morgan fingerprint density at radius 1 is 0.902 bits per heavy atom. The van der Waals surface area contributed by atoms with Crippen LogP contribution >= 0.6 is 46.4 Å². The van der Waals surface area contributed by atoms with Crippen LogP contribution in [-0.2, 0) is 26.2 Å². The molecule has 1 unspecified atom stereocenters. The fourth-order valence-electron chi connectivity index (χ4n) is 3.98. The topological polar surface area (TPSA) is 86.8 Å². The average molecular weight is 659 g/mol. The lowest BCUT2D eigenvalue weighted by molar-refractivity contribution is -0.139. The molecule has 3 rings (SSSR count). The molecule has 0 aliphatic rings. The molecule has 0 fully saturated rings. The minimum Gasteiger partial charge on any atom is -0.354 e. The molecule has 220 valence electrons. The maximum absolute atomic E-state index is 14.0. The Bertz CT molecular complexity index is 1500. The second-order valence-electron chi connectivity index (χ2n) is 9.51. The van der Waals surface area contributed by atoms with Gasteiger partial charge in [0.1, 0.15) is 12.6 Å². The number of nitrogens with one attached hydrogen (secondary N) is 1. The van der Waals surface area contributed by atoms with Gasteiger partial charge in [-0.2, -0.15) is 0 Å². The zero-order valence-electron chi connectivity index (χ0n) is 22.8. The second-order valence-corrected chi connectivity index (χ2v) is 13.0. The number of amides is 2. The van der Waals surface area contributed by atoms with Crippen molar-refractivity contribution >= 4 is 73.9 Å². The van der Waals surface area contributed by atoms with E-state index in [9.17, 15) is 18.0 Å². The number of rotatable bonds is 12. The number of nitrogens with zero attached hydrogens (tertiary/aromatic N) is 2. The number of carbonyl (C=O) groups excluding carboxylic acids is 2. The molecule has 0 heterocycles. The summed E-state index contributed by atoms with van der Waals surface area (Å²) in [6.07, 6.45) is 1.65. The quantitative estimate of drug-likeness (QED) is 0.210. The van der Waals surface area contributed by atoms with Crippen LogP contribution in [0.1, 0.15) is 37.8 Å². The van der Waals surface area contributed by atoms with Crippen LogP contribution in [0, 0.1) is 6.92 Å². The number of unbranched alkanes of at least 4 members (excludes halogenated alkanes) is 1. The zero-order valence-corrected chi connectivity index (χ0v) is 26.7. The van der Waals surface area contributed by atoms with E-state index in [1.54, 1.807) is 37.3 Å². The van der Waals surface area contributed by atoms with Crippen molar-refractivity contribution in [2.75, 3.05) is 17.4 Å². The average Bonchev–Trinajstić information content (AvgIpc) is 2.93. The molecule has 0 aliphatic heterocycles. The fourth-order valence-corrected chi connectivity index (χ4v) is 6.16. The van der Waals surface area contributed by atoms with Crippen molar-refractivity contribution in [1.82, 2.24) is 10.2 Å². The molecule has 0 bridgehead atoms. The lowest BCUT2D eigenvalue weighted by Crippen LogP contribution is -2.51. The van der Waals surface area contributed by atoms with Crippen molar-refractivity contribution in [3.05, 3.63) is 91.9 Å². The maximum atomic E-state index is 14.0. The largest absolute Gasteiger partial charge is 0.354 e. The first-order valence-electron chi connectivity index (χ1n) is 12.9. The molecule has 7 nitrogen and oxygen atoms in total. The molecule has 1 N–H and O–H groups in total. The van der Waals surface area contributed by atoms with Crippen LogP contribution in [-0.4, -0.2) is 44.3 Å². The molecular formula is C29H31Cl4N3O4S. The van der Waals surface area contributed by atoms with Crippen LogP contribution in [0.3, 0.4) is 0 Å². The van der Waals surface area contributed by atoms with Crippen LogP contribution < -0.4 is 9.62 Å². The van der Waals surface area contributed by atoms with E-state index in [0.717, 1.165) is 22.7 Å². The van der Waals surface area contributed by atoms with Gasteiger partial charge in [0.25, 0.3) is 10.0 Å². The van der Waals surface area contributed by atoms with Gasteiger partial charge in [-0.1, -0.05) is 83.5 Å². The molecule has 0 aromatic heterocycles. The van der Waals surface area contributed by atoms with Gasteiger partial charge in [0.15, 0.2) is 0 Å². The summed E-state index contributed by atoms with van der Waals surface area (Å²) in [6, 6.07) is 14.5. The minimum atomic E-state index is -4.28. The molecule has 0 radical (unpaired) electrons. The van der Waals surface area contributed by atoms with Gasteiger partial charge in [-0.25, -0.2) is 8.42 Å². The van der Waals surface area contributed by atoms with E-state index in [0.29, 0.717) is 17.1 Å².